The molecule has 8 nitrogen and oxygen atoms in total. The van der Waals surface area contributed by atoms with Crippen molar-refractivity contribution in [3.8, 4) is 0 Å². The Kier molecular flexibility index (Phi) is 5.97. The van der Waals surface area contributed by atoms with Crippen LogP contribution in [0.15, 0.2) is 41.3 Å². The number of nitrogens with one attached hydrogen (secondary N) is 1. The van der Waals surface area contributed by atoms with Gasteiger partial charge in [-0.25, -0.2) is 13.1 Å². The number of aliphatic carboxylic acids is 1. The zero-order chi connectivity index (χ0) is 20.4. The van der Waals surface area contributed by atoms with E-state index in [4.69, 9.17) is 5.11 Å². The first-order chi connectivity index (χ1) is 12.5. The van der Waals surface area contributed by atoms with E-state index < -0.39 is 33.4 Å². The van der Waals surface area contributed by atoms with E-state index >= 15 is 0 Å². The second-order valence-corrected chi connectivity index (χ2v) is 8.00. The topological polar surface area (TPSA) is 127 Å². The number of sulfonamides is 1. The van der Waals surface area contributed by atoms with Gasteiger partial charge in [-0.3, -0.25) is 14.9 Å². The summed E-state index contributed by atoms with van der Waals surface area (Å²) >= 11 is 0. The molecule has 1 atom stereocenters. The van der Waals surface area contributed by atoms with Crippen molar-refractivity contribution in [3.63, 3.8) is 0 Å². The fourth-order valence-corrected chi connectivity index (χ4v) is 4.77. The number of aryl methyl sites for hydroxylation is 3. The number of benzene rings is 2. The number of carboxylic acid groups (broad SMARTS) is 1. The van der Waals surface area contributed by atoms with E-state index in [1.807, 2.05) is 6.92 Å². The van der Waals surface area contributed by atoms with Gasteiger partial charge in [-0.1, -0.05) is 29.8 Å². The Morgan fingerprint density at radius 1 is 1.19 bits per heavy atom. The molecular formula is C18H20N2O6S. The summed E-state index contributed by atoms with van der Waals surface area (Å²) in [4.78, 5) is 21.7. The summed E-state index contributed by atoms with van der Waals surface area (Å²) in [5.74, 6) is -1.23. The number of hydrogen-bond donors (Lipinski definition) is 2. The van der Waals surface area contributed by atoms with Gasteiger partial charge < -0.3 is 5.11 Å². The molecule has 0 unspecified atom stereocenters. The third kappa shape index (κ3) is 4.89. The number of nitro groups is 1. The Morgan fingerprint density at radius 3 is 2.30 bits per heavy atom. The van der Waals surface area contributed by atoms with Crippen molar-refractivity contribution in [2.45, 2.75) is 38.1 Å². The van der Waals surface area contributed by atoms with Gasteiger partial charge in [0.15, 0.2) is 0 Å². The second-order valence-electron chi connectivity index (χ2n) is 6.35. The van der Waals surface area contributed by atoms with E-state index in [9.17, 15) is 23.3 Å². The van der Waals surface area contributed by atoms with E-state index in [1.54, 1.807) is 26.0 Å². The molecule has 2 aromatic carbocycles. The highest BCUT2D eigenvalue weighted by molar-refractivity contribution is 7.89. The van der Waals surface area contributed by atoms with Gasteiger partial charge in [0.05, 0.1) is 22.3 Å². The molecule has 0 heterocycles. The Hall–Kier alpha value is -2.78. The first kappa shape index (κ1) is 20.5. The number of non-ortho nitro benzene ring substituents is 1. The van der Waals surface area contributed by atoms with Crippen molar-refractivity contribution < 1.29 is 23.2 Å². The number of nitrogens with zero attached hydrogens (tertiary/aromatic N) is 1. The maximum atomic E-state index is 12.9. The molecule has 2 N–H and O–H groups in total. The average molecular weight is 392 g/mol. The van der Waals surface area contributed by atoms with Crippen LogP contribution in [0, 0.1) is 30.9 Å². The van der Waals surface area contributed by atoms with E-state index in [-0.39, 0.29) is 16.1 Å². The Labute approximate surface area is 157 Å². The summed E-state index contributed by atoms with van der Waals surface area (Å²) in [5, 5.41) is 20.1. The number of rotatable bonds is 7. The first-order valence-corrected chi connectivity index (χ1v) is 9.56. The van der Waals surface area contributed by atoms with Crippen LogP contribution in [0.2, 0.25) is 0 Å². The minimum atomic E-state index is -4.05. The fourth-order valence-electron chi connectivity index (χ4n) is 3.09. The highest BCUT2D eigenvalue weighted by Gasteiger charge is 2.27. The van der Waals surface area contributed by atoms with Crippen LogP contribution in [0.5, 0.6) is 0 Å². The van der Waals surface area contributed by atoms with Crippen molar-refractivity contribution in [3.05, 3.63) is 68.8 Å². The number of carboxylic acids is 1. The molecule has 0 aliphatic carbocycles. The summed E-state index contributed by atoms with van der Waals surface area (Å²) in [5.41, 5.74) is 1.94. The molecule has 0 radical (unpaired) electrons. The summed E-state index contributed by atoms with van der Waals surface area (Å²) in [6, 6.07) is 7.57. The minimum Gasteiger partial charge on any atom is -0.481 e. The highest BCUT2D eigenvalue weighted by Crippen LogP contribution is 2.27. The molecule has 0 aliphatic heterocycles. The molecule has 0 bridgehead atoms. The molecule has 0 aliphatic rings. The summed E-state index contributed by atoms with van der Waals surface area (Å²) in [6.07, 6.45) is -0.551. The van der Waals surface area contributed by atoms with Crippen molar-refractivity contribution in [2.75, 3.05) is 0 Å². The predicted octanol–water partition coefficient (Wildman–Crippen LogP) is 3.01. The molecule has 0 aromatic heterocycles. The standard InChI is InChI=1S/C18H20N2O6S/c1-11-7-12(2)18(13(3)8-11)27(25,26)19-16(10-17(21)22)14-5-4-6-15(9-14)20(23)24/h4-9,16,19H,10H2,1-3H3,(H,21,22)/t16-/m1/s1. The van der Waals surface area contributed by atoms with Crippen LogP contribution in [-0.4, -0.2) is 24.4 Å². The Balaban J connectivity index is 2.49. The van der Waals surface area contributed by atoms with Gasteiger partial charge in [0.2, 0.25) is 10.0 Å². The zero-order valence-corrected chi connectivity index (χ0v) is 15.9. The van der Waals surface area contributed by atoms with Gasteiger partial charge >= 0.3 is 5.97 Å². The van der Waals surface area contributed by atoms with E-state index in [0.29, 0.717) is 11.1 Å². The van der Waals surface area contributed by atoms with Gasteiger partial charge in [-0.15, -0.1) is 0 Å². The SMILES string of the molecule is Cc1cc(C)c(S(=O)(=O)N[C@H](CC(=O)O)c2cccc([N+](=O)[O-])c2)c(C)c1. The third-order valence-corrected chi connectivity index (χ3v) is 5.81. The normalized spacial score (nSPS) is 12.6. The predicted molar refractivity (Wildman–Crippen MR) is 99.1 cm³/mol. The van der Waals surface area contributed by atoms with Crippen LogP contribution < -0.4 is 4.72 Å². The molecule has 144 valence electrons. The molecule has 2 aromatic rings. The van der Waals surface area contributed by atoms with Gasteiger partial charge in [-0.2, -0.15) is 0 Å². The zero-order valence-electron chi connectivity index (χ0n) is 15.1. The lowest BCUT2D eigenvalue weighted by Gasteiger charge is -2.20. The van der Waals surface area contributed by atoms with Gasteiger partial charge in [-0.05, 0) is 37.5 Å². The maximum absolute atomic E-state index is 12.9. The molecule has 0 spiro atoms. The van der Waals surface area contributed by atoms with E-state index in [2.05, 4.69) is 4.72 Å². The van der Waals surface area contributed by atoms with Crippen molar-refractivity contribution in [1.82, 2.24) is 4.72 Å². The lowest BCUT2D eigenvalue weighted by atomic mass is 10.0. The van der Waals surface area contributed by atoms with Crippen molar-refractivity contribution in [1.29, 1.82) is 0 Å². The lowest BCUT2D eigenvalue weighted by molar-refractivity contribution is -0.384. The van der Waals surface area contributed by atoms with Crippen LogP contribution in [0.4, 0.5) is 5.69 Å². The Bertz CT molecular complexity index is 978. The van der Waals surface area contributed by atoms with Crippen LogP contribution in [-0.2, 0) is 14.8 Å². The largest absolute Gasteiger partial charge is 0.481 e. The third-order valence-electron chi connectivity index (χ3n) is 4.03. The molecule has 0 saturated heterocycles. The molecule has 0 fully saturated rings. The maximum Gasteiger partial charge on any atom is 0.305 e. The molecule has 9 heteroatoms. The van der Waals surface area contributed by atoms with Crippen molar-refractivity contribution >= 4 is 21.7 Å². The van der Waals surface area contributed by atoms with E-state index in [1.165, 1.54) is 24.3 Å². The average Bonchev–Trinajstić information content (AvgIpc) is 2.52. The van der Waals surface area contributed by atoms with Gasteiger partial charge in [0.1, 0.15) is 0 Å². The van der Waals surface area contributed by atoms with Crippen LogP contribution >= 0.6 is 0 Å². The van der Waals surface area contributed by atoms with E-state index in [0.717, 1.165) is 5.56 Å². The molecule has 0 saturated carbocycles. The molecular weight excluding hydrogens is 372 g/mol. The summed E-state index contributed by atoms with van der Waals surface area (Å²) in [6.45, 7) is 5.17. The molecule has 0 amide bonds. The Morgan fingerprint density at radius 2 is 1.78 bits per heavy atom. The number of carbonyl (C=O) groups is 1. The van der Waals surface area contributed by atoms with Crippen LogP contribution in [0.1, 0.15) is 34.7 Å². The van der Waals surface area contributed by atoms with Crippen molar-refractivity contribution in [2.24, 2.45) is 0 Å². The van der Waals surface area contributed by atoms with Crippen LogP contribution in [0.3, 0.4) is 0 Å². The minimum absolute atomic E-state index is 0.0777. The fraction of sp³-hybridized carbons (Fsp3) is 0.278. The number of nitro benzene ring substituents is 1. The summed E-state index contributed by atoms with van der Waals surface area (Å²) < 4.78 is 28.3. The molecule has 27 heavy (non-hydrogen) atoms. The first-order valence-electron chi connectivity index (χ1n) is 8.07. The summed E-state index contributed by atoms with van der Waals surface area (Å²) in [7, 11) is -4.05. The number of hydrogen-bond acceptors (Lipinski definition) is 5. The van der Waals surface area contributed by atoms with Gasteiger partial charge in [0.25, 0.3) is 5.69 Å². The highest BCUT2D eigenvalue weighted by atomic mass is 32.2. The smallest absolute Gasteiger partial charge is 0.305 e. The molecule has 2 rings (SSSR count). The lowest BCUT2D eigenvalue weighted by Crippen LogP contribution is -2.31. The van der Waals surface area contributed by atoms with Crippen LogP contribution in [0.25, 0.3) is 0 Å². The van der Waals surface area contributed by atoms with Gasteiger partial charge in [0, 0.05) is 12.1 Å². The quantitative estimate of drug-likeness (QED) is 0.551. The monoisotopic (exact) mass is 392 g/mol. The second kappa shape index (κ2) is 7.85.